The van der Waals surface area contributed by atoms with Gasteiger partial charge in [-0.3, -0.25) is 4.90 Å². The summed E-state index contributed by atoms with van der Waals surface area (Å²) < 4.78 is 15.9. The molecule has 2 aromatic carbocycles. The normalized spacial score (nSPS) is 22.2. The van der Waals surface area contributed by atoms with Gasteiger partial charge in [-0.15, -0.1) is 0 Å². The molecular formula is C22H22FN3. The molecule has 3 nitrogen and oxygen atoms in total. The van der Waals surface area contributed by atoms with Gasteiger partial charge in [0.15, 0.2) is 0 Å². The Morgan fingerprint density at radius 1 is 0.962 bits per heavy atom. The van der Waals surface area contributed by atoms with Gasteiger partial charge in [-0.2, -0.15) is 0 Å². The molecule has 0 radical (unpaired) electrons. The molecule has 132 valence electrons. The van der Waals surface area contributed by atoms with Gasteiger partial charge in [-0.05, 0) is 35.1 Å². The number of likely N-dealkylation sites (tertiary alicyclic amines) is 1. The summed E-state index contributed by atoms with van der Waals surface area (Å²) in [7, 11) is 0. The Hall–Kier alpha value is -2.46. The third kappa shape index (κ3) is 2.84. The molecule has 2 atom stereocenters. The van der Waals surface area contributed by atoms with E-state index in [-0.39, 0.29) is 5.82 Å². The quantitative estimate of drug-likeness (QED) is 0.714. The van der Waals surface area contributed by atoms with E-state index < -0.39 is 0 Å². The molecule has 0 aliphatic carbocycles. The standard InChI is InChI=1S/C22H22FN3/c23-20-8-4-5-16(9-20)12-25-13-18-10-22-24-11-21(17-6-2-1-3-7-17)26(22)15-19(18)14-25/h1-9,11,18-19H,10,12-15H2/t18-,19-/m0/s1. The monoisotopic (exact) mass is 347 g/mol. The van der Waals surface area contributed by atoms with Gasteiger partial charge < -0.3 is 4.57 Å². The molecule has 3 aromatic rings. The van der Waals surface area contributed by atoms with E-state index in [9.17, 15) is 4.39 Å². The van der Waals surface area contributed by atoms with Crippen molar-refractivity contribution in [2.75, 3.05) is 13.1 Å². The second-order valence-corrected chi connectivity index (χ2v) is 7.58. The van der Waals surface area contributed by atoms with Gasteiger partial charge in [0.05, 0.1) is 11.9 Å². The lowest BCUT2D eigenvalue weighted by molar-refractivity contribution is 0.306. The number of benzene rings is 2. The molecule has 1 aromatic heterocycles. The van der Waals surface area contributed by atoms with E-state index in [0.29, 0.717) is 11.8 Å². The summed E-state index contributed by atoms with van der Waals surface area (Å²) in [5.74, 6) is 2.36. The lowest BCUT2D eigenvalue weighted by Gasteiger charge is -2.27. The van der Waals surface area contributed by atoms with Crippen molar-refractivity contribution in [3.63, 3.8) is 0 Å². The predicted molar refractivity (Wildman–Crippen MR) is 100 cm³/mol. The van der Waals surface area contributed by atoms with Crippen LogP contribution in [0.3, 0.4) is 0 Å². The molecule has 0 bridgehead atoms. The first kappa shape index (κ1) is 15.8. The molecule has 4 heteroatoms. The van der Waals surface area contributed by atoms with E-state index in [1.807, 2.05) is 18.3 Å². The van der Waals surface area contributed by atoms with Crippen LogP contribution in [-0.4, -0.2) is 27.5 Å². The van der Waals surface area contributed by atoms with Gasteiger partial charge in [0, 0.05) is 32.6 Å². The second kappa shape index (κ2) is 6.36. The molecule has 0 saturated carbocycles. The molecule has 0 N–H and O–H groups in total. The largest absolute Gasteiger partial charge is 0.328 e. The lowest BCUT2D eigenvalue weighted by Crippen LogP contribution is -2.28. The van der Waals surface area contributed by atoms with E-state index in [0.717, 1.165) is 38.2 Å². The van der Waals surface area contributed by atoms with Crippen molar-refractivity contribution in [3.05, 3.63) is 78.0 Å². The zero-order chi connectivity index (χ0) is 17.5. The number of fused-ring (bicyclic) bond motifs is 2. The topological polar surface area (TPSA) is 21.1 Å². The molecule has 2 aliphatic rings. The maximum absolute atomic E-state index is 13.4. The Labute approximate surface area is 153 Å². The van der Waals surface area contributed by atoms with Gasteiger partial charge >= 0.3 is 0 Å². The summed E-state index contributed by atoms with van der Waals surface area (Å²) >= 11 is 0. The Balaban J connectivity index is 1.34. The molecule has 1 fully saturated rings. The van der Waals surface area contributed by atoms with E-state index in [2.05, 4.69) is 33.7 Å². The number of hydrogen-bond acceptors (Lipinski definition) is 2. The van der Waals surface area contributed by atoms with Crippen LogP contribution in [0.1, 0.15) is 11.4 Å². The molecule has 0 spiro atoms. The minimum Gasteiger partial charge on any atom is -0.328 e. The fourth-order valence-corrected chi connectivity index (χ4v) is 4.59. The SMILES string of the molecule is Fc1cccc(CN2C[C@@H]3Cc4ncc(-c5ccccc5)n4C[C@@H]3C2)c1. The maximum Gasteiger partial charge on any atom is 0.123 e. The Kier molecular flexibility index (Phi) is 3.86. The smallest absolute Gasteiger partial charge is 0.123 e. The Morgan fingerprint density at radius 3 is 2.65 bits per heavy atom. The number of nitrogens with zero attached hydrogens (tertiary/aromatic N) is 3. The van der Waals surface area contributed by atoms with Crippen LogP contribution in [-0.2, 0) is 19.5 Å². The van der Waals surface area contributed by atoms with Gasteiger partial charge in [-0.1, -0.05) is 42.5 Å². The number of aromatic nitrogens is 2. The van der Waals surface area contributed by atoms with Crippen molar-refractivity contribution in [3.8, 4) is 11.3 Å². The molecule has 2 aliphatic heterocycles. The first-order chi connectivity index (χ1) is 12.8. The molecule has 26 heavy (non-hydrogen) atoms. The van der Waals surface area contributed by atoms with Crippen LogP contribution in [0.25, 0.3) is 11.3 Å². The summed E-state index contributed by atoms with van der Waals surface area (Å²) in [6, 6.07) is 17.5. The number of halogens is 1. The Bertz CT molecular complexity index is 918. The molecule has 3 heterocycles. The third-order valence-electron chi connectivity index (χ3n) is 5.82. The van der Waals surface area contributed by atoms with Crippen LogP contribution in [0.15, 0.2) is 60.8 Å². The molecule has 0 amide bonds. The highest BCUT2D eigenvalue weighted by atomic mass is 19.1. The van der Waals surface area contributed by atoms with Crippen molar-refractivity contribution in [2.45, 2.75) is 19.5 Å². The zero-order valence-corrected chi connectivity index (χ0v) is 14.7. The van der Waals surface area contributed by atoms with Gasteiger partial charge in [0.2, 0.25) is 0 Å². The Morgan fingerprint density at radius 2 is 1.81 bits per heavy atom. The minimum absolute atomic E-state index is 0.147. The fourth-order valence-electron chi connectivity index (χ4n) is 4.59. The minimum atomic E-state index is -0.147. The highest BCUT2D eigenvalue weighted by Gasteiger charge is 2.37. The molecule has 5 rings (SSSR count). The highest BCUT2D eigenvalue weighted by molar-refractivity contribution is 5.59. The van der Waals surface area contributed by atoms with E-state index in [4.69, 9.17) is 4.98 Å². The summed E-state index contributed by atoms with van der Waals surface area (Å²) in [4.78, 5) is 7.18. The van der Waals surface area contributed by atoms with Crippen LogP contribution < -0.4 is 0 Å². The van der Waals surface area contributed by atoms with Crippen LogP contribution in [0.5, 0.6) is 0 Å². The van der Waals surface area contributed by atoms with Crippen molar-refractivity contribution >= 4 is 0 Å². The van der Waals surface area contributed by atoms with Crippen molar-refractivity contribution in [2.24, 2.45) is 11.8 Å². The van der Waals surface area contributed by atoms with E-state index in [1.165, 1.54) is 23.1 Å². The number of hydrogen-bond donors (Lipinski definition) is 0. The highest BCUT2D eigenvalue weighted by Crippen LogP contribution is 2.35. The van der Waals surface area contributed by atoms with E-state index in [1.54, 1.807) is 12.1 Å². The molecule has 0 unspecified atom stereocenters. The second-order valence-electron chi connectivity index (χ2n) is 7.58. The van der Waals surface area contributed by atoms with Gasteiger partial charge in [-0.25, -0.2) is 9.37 Å². The maximum atomic E-state index is 13.4. The predicted octanol–water partition coefficient (Wildman–Crippen LogP) is 3.99. The summed E-state index contributed by atoms with van der Waals surface area (Å²) in [5, 5.41) is 0. The number of imidazole rings is 1. The summed E-state index contributed by atoms with van der Waals surface area (Å²) in [5.41, 5.74) is 3.52. The first-order valence-corrected chi connectivity index (χ1v) is 9.33. The zero-order valence-electron chi connectivity index (χ0n) is 14.7. The lowest BCUT2D eigenvalue weighted by atomic mass is 9.89. The summed E-state index contributed by atoms with van der Waals surface area (Å²) in [6.07, 6.45) is 3.06. The third-order valence-corrected chi connectivity index (χ3v) is 5.82. The van der Waals surface area contributed by atoms with Crippen LogP contribution >= 0.6 is 0 Å². The summed E-state index contributed by atoms with van der Waals surface area (Å²) in [6.45, 7) is 4.02. The van der Waals surface area contributed by atoms with Crippen LogP contribution in [0.4, 0.5) is 4.39 Å². The number of rotatable bonds is 3. The van der Waals surface area contributed by atoms with Crippen molar-refractivity contribution < 1.29 is 4.39 Å². The molecular weight excluding hydrogens is 325 g/mol. The van der Waals surface area contributed by atoms with E-state index >= 15 is 0 Å². The average molecular weight is 347 g/mol. The van der Waals surface area contributed by atoms with Gasteiger partial charge in [0.1, 0.15) is 11.6 Å². The van der Waals surface area contributed by atoms with Crippen molar-refractivity contribution in [1.29, 1.82) is 0 Å². The first-order valence-electron chi connectivity index (χ1n) is 9.33. The fraction of sp³-hybridized carbons (Fsp3) is 0.318. The van der Waals surface area contributed by atoms with Crippen LogP contribution in [0.2, 0.25) is 0 Å². The average Bonchev–Trinajstić information content (AvgIpc) is 3.23. The molecule has 1 saturated heterocycles. The van der Waals surface area contributed by atoms with Crippen LogP contribution in [0, 0.1) is 17.7 Å². The van der Waals surface area contributed by atoms with Crippen molar-refractivity contribution in [1.82, 2.24) is 14.5 Å². The van der Waals surface area contributed by atoms with Gasteiger partial charge in [0.25, 0.3) is 0 Å².